The van der Waals surface area contributed by atoms with Crippen molar-refractivity contribution in [3.05, 3.63) is 11.6 Å². The van der Waals surface area contributed by atoms with Gasteiger partial charge in [0.2, 0.25) is 0 Å². The molecule has 0 saturated heterocycles. The lowest BCUT2D eigenvalue weighted by molar-refractivity contribution is 0.123. The molecule has 3 rings (SSSR count). The zero-order chi connectivity index (χ0) is 18.2. The van der Waals surface area contributed by atoms with Gasteiger partial charge in [0.05, 0.1) is 6.54 Å². The minimum atomic E-state index is 0. The van der Waals surface area contributed by atoms with Gasteiger partial charge < -0.3 is 20.1 Å². The lowest BCUT2D eigenvalue weighted by atomic mass is 10.1. The fourth-order valence-electron chi connectivity index (χ4n) is 3.07. The number of aromatic nitrogens is 3. The van der Waals surface area contributed by atoms with Gasteiger partial charge >= 0.3 is 0 Å². The summed E-state index contributed by atoms with van der Waals surface area (Å²) in [6.07, 6.45) is 5.59. The quantitative estimate of drug-likeness (QED) is 0.224. The lowest BCUT2D eigenvalue weighted by Gasteiger charge is -2.25. The minimum Gasteiger partial charge on any atom is -0.381 e. The van der Waals surface area contributed by atoms with Crippen LogP contribution in [0.15, 0.2) is 4.99 Å². The Morgan fingerprint density at radius 3 is 2.93 bits per heavy atom. The van der Waals surface area contributed by atoms with E-state index in [1.165, 1.54) is 12.8 Å². The zero-order valence-corrected chi connectivity index (χ0v) is 18.8. The molecule has 27 heavy (non-hydrogen) atoms. The van der Waals surface area contributed by atoms with Gasteiger partial charge in [-0.15, -0.1) is 24.0 Å². The van der Waals surface area contributed by atoms with Crippen LogP contribution in [-0.2, 0) is 29.0 Å². The molecule has 1 aromatic heterocycles. The zero-order valence-electron chi connectivity index (χ0n) is 16.4. The molecule has 1 aliphatic carbocycles. The predicted octanol–water partition coefficient (Wildman–Crippen LogP) is 1.73. The first-order valence-corrected chi connectivity index (χ1v) is 9.82. The van der Waals surface area contributed by atoms with Crippen molar-refractivity contribution in [2.75, 3.05) is 33.4 Å². The number of ether oxygens (including phenoxy) is 2. The van der Waals surface area contributed by atoms with Gasteiger partial charge in [0.1, 0.15) is 12.4 Å². The third-order valence-electron chi connectivity index (χ3n) is 4.63. The van der Waals surface area contributed by atoms with E-state index < -0.39 is 0 Å². The standard InChI is InChI=1S/C18H32N6O2.HI/c1-3-19-18(20-9-4-10-26-12-14-5-6-14)21-15-7-8-17-22-16(13-25-2)23-24(17)11-15;/h14-15H,3-13H2,1-2H3,(H2,19,20,21);1H. The highest BCUT2D eigenvalue weighted by Crippen LogP contribution is 2.28. The lowest BCUT2D eigenvalue weighted by Crippen LogP contribution is -2.47. The van der Waals surface area contributed by atoms with Crippen LogP contribution in [-0.4, -0.2) is 60.2 Å². The van der Waals surface area contributed by atoms with Crippen LogP contribution < -0.4 is 10.6 Å². The van der Waals surface area contributed by atoms with Crippen LogP contribution in [0.3, 0.4) is 0 Å². The summed E-state index contributed by atoms with van der Waals surface area (Å²) in [4.78, 5) is 9.20. The van der Waals surface area contributed by atoms with Gasteiger partial charge in [-0.05, 0) is 38.5 Å². The first-order chi connectivity index (χ1) is 12.8. The van der Waals surface area contributed by atoms with Crippen LogP contribution in [0.1, 0.15) is 44.3 Å². The Labute approximate surface area is 178 Å². The molecule has 1 aliphatic heterocycles. The number of fused-ring (bicyclic) bond motifs is 1. The summed E-state index contributed by atoms with van der Waals surface area (Å²) < 4.78 is 12.8. The van der Waals surface area contributed by atoms with E-state index in [1.54, 1.807) is 7.11 Å². The van der Waals surface area contributed by atoms with E-state index in [-0.39, 0.29) is 24.0 Å². The van der Waals surface area contributed by atoms with Crippen molar-refractivity contribution in [1.82, 2.24) is 25.4 Å². The molecule has 1 aromatic rings. The number of guanidine groups is 1. The average molecular weight is 492 g/mol. The van der Waals surface area contributed by atoms with Crippen LogP contribution in [0.2, 0.25) is 0 Å². The highest BCUT2D eigenvalue weighted by molar-refractivity contribution is 14.0. The number of rotatable bonds is 10. The Morgan fingerprint density at radius 2 is 2.19 bits per heavy atom. The third kappa shape index (κ3) is 7.53. The first kappa shape index (κ1) is 22.4. The molecule has 1 atom stereocenters. The molecule has 2 heterocycles. The van der Waals surface area contributed by atoms with E-state index in [2.05, 4.69) is 32.6 Å². The number of aliphatic imine (C=N–C) groups is 1. The third-order valence-corrected chi connectivity index (χ3v) is 4.63. The van der Waals surface area contributed by atoms with Gasteiger partial charge in [-0.1, -0.05) is 0 Å². The van der Waals surface area contributed by atoms with Crippen LogP contribution >= 0.6 is 24.0 Å². The summed E-state index contributed by atoms with van der Waals surface area (Å²) in [7, 11) is 1.67. The summed E-state index contributed by atoms with van der Waals surface area (Å²) in [6.45, 7) is 6.71. The summed E-state index contributed by atoms with van der Waals surface area (Å²) in [6, 6.07) is 0.309. The van der Waals surface area contributed by atoms with Crippen molar-refractivity contribution in [1.29, 1.82) is 0 Å². The van der Waals surface area contributed by atoms with Gasteiger partial charge in [0.25, 0.3) is 0 Å². The summed E-state index contributed by atoms with van der Waals surface area (Å²) in [5.74, 6) is 3.51. The van der Waals surface area contributed by atoms with Crippen molar-refractivity contribution in [2.24, 2.45) is 10.9 Å². The molecule has 1 saturated carbocycles. The highest BCUT2D eigenvalue weighted by atomic mass is 127. The van der Waals surface area contributed by atoms with E-state index in [9.17, 15) is 0 Å². The van der Waals surface area contributed by atoms with E-state index in [1.807, 2.05) is 4.68 Å². The molecule has 0 radical (unpaired) electrons. The maximum absolute atomic E-state index is 5.67. The minimum absolute atomic E-state index is 0. The molecule has 154 valence electrons. The number of halogens is 1. The molecular formula is C18H33IN6O2. The van der Waals surface area contributed by atoms with Crippen molar-refractivity contribution >= 4 is 29.9 Å². The second-order valence-corrected chi connectivity index (χ2v) is 7.07. The molecule has 0 amide bonds. The number of hydrogen-bond acceptors (Lipinski definition) is 5. The number of nitrogens with one attached hydrogen (secondary N) is 2. The van der Waals surface area contributed by atoms with E-state index in [4.69, 9.17) is 9.47 Å². The van der Waals surface area contributed by atoms with E-state index in [0.717, 1.165) is 75.6 Å². The summed E-state index contributed by atoms with van der Waals surface area (Å²) in [5.41, 5.74) is 0. The van der Waals surface area contributed by atoms with Gasteiger partial charge in [0.15, 0.2) is 11.8 Å². The van der Waals surface area contributed by atoms with Gasteiger partial charge in [-0.25, -0.2) is 9.67 Å². The van der Waals surface area contributed by atoms with E-state index >= 15 is 0 Å². The SMILES string of the molecule is CCNC(=NCCCOCC1CC1)NC1CCc2nc(COC)nn2C1.I. The molecule has 1 fully saturated rings. The molecule has 9 heteroatoms. The average Bonchev–Trinajstić information content (AvgIpc) is 3.36. The molecule has 8 nitrogen and oxygen atoms in total. The topological polar surface area (TPSA) is 85.6 Å². The van der Waals surface area contributed by atoms with Crippen molar-refractivity contribution in [3.8, 4) is 0 Å². The van der Waals surface area contributed by atoms with Crippen LogP contribution in [0.4, 0.5) is 0 Å². The molecule has 2 aliphatic rings. The van der Waals surface area contributed by atoms with Crippen molar-refractivity contribution < 1.29 is 9.47 Å². The van der Waals surface area contributed by atoms with Crippen LogP contribution in [0, 0.1) is 5.92 Å². The fourth-order valence-corrected chi connectivity index (χ4v) is 3.07. The second kappa shape index (κ2) is 11.8. The molecule has 0 aromatic carbocycles. The highest BCUT2D eigenvalue weighted by Gasteiger charge is 2.22. The summed E-state index contributed by atoms with van der Waals surface area (Å²) in [5, 5.41) is 11.4. The first-order valence-electron chi connectivity index (χ1n) is 9.82. The second-order valence-electron chi connectivity index (χ2n) is 7.07. The Bertz CT molecular complexity index is 590. The number of hydrogen-bond donors (Lipinski definition) is 2. The van der Waals surface area contributed by atoms with Crippen LogP contribution in [0.5, 0.6) is 0 Å². The van der Waals surface area contributed by atoms with Crippen LogP contribution in [0.25, 0.3) is 0 Å². The number of nitrogens with zero attached hydrogens (tertiary/aromatic N) is 4. The number of aryl methyl sites for hydroxylation is 1. The van der Waals surface area contributed by atoms with Gasteiger partial charge in [-0.2, -0.15) is 5.10 Å². The van der Waals surface area contributed by atoms with Gasteiger partial charge in [-0.3, -0.25) is 4.99 Å². The number of methoxy groups -OCH3 is 1. The Balaban J connectivity index is 0.00000261. The molecule has 1 unspecified atom stereocenters. The Hall–Kier alpha value is -0.940. The van der Waals surface area contributed by atoms with Crippen molar-refractivity contribution in [3.63, 3.8) is 0 Å². The predicted molar refractivity (Wildman–Crippen MR) is 116 cm³/mol. The summed E-state index contributed by atoms with van der Waals surface area (Å²) >= 11 is 0. The normalized spacial score (nSPS) is 19.3. The maximum Gasteiger partial charge on any atom is 0.191 e. The largest absolute Gasteiger partial charge is 0.381 e. The smallest absolute Gasteiger partial charge is 0.191 e. The fraction of sp³-hybridized carbons (Fsp3) is 0.833. The maximum atomic E-state index is 5.67. The van der Waals surface area contributed by atoms with Crippen molar-refractivity contribution in [2.45, 2.75) is 58.2 Å². The van der Waals surface area contributed by atoms with Gasteiger partial charge in [0, 0.05) is 45.9 Å². The molecule has 0 spiro atoms. The Kier molecular flexibility index (Phi) is 9.77. The Morgan fingerprint density at radius 1 is 1.33 bits per heavy atom. The monoisotopic (exact) mass is 492 g/mol. The molecular weight excluding hydrogens is 459 g/mol. The molecule has 2 N–H and O–H groups in total. The molecule has 0 bridgehead atoms. The van der Waals surface area contributed by atoms with E-state index in [0.29, 0.717) is 12.6 Å².